The predicted octanol–water partition coefficient (Wildman–Crippen LogP) is 0.919. The molecule has 1 fully saturated rings. The lowest BCUT2D eigenvalue weighted by molar-refractivity contribution is -0.133. The molecule has 1 aliphatic rings. The lowest BCUT2D eigenvalue weighted by Crippen LogP contribution is -2.38. The Bertz CT molecular complexity index is 261. The third-order valence-corrected chi connectivity index (χ3v) is 3.90. The van der Waals surface area contributed by atoms with Gasteiger partial charge in [0, 0.05) is 13.7 Å². The third kappa shape index (κ3) is 5.89. The number of carbonyl (C=O) groups is 1. The van der Waals surface area contributed by atoms with E-state index in [-0.39, 0.29) is 5.91 Å². The van der Waals surface area contributed by atoms with Crippen molar-refractivity contribution in [1.82, 2.24) is 5.32 Å². The summed E-state index contributed by atoms with van der Waals surface area (Å²) < 4.78 is 10.6. The van der Waals surface area contributed by atoms with Gasteiger partial charge in [-0.3, -0.25) is 4.79 Å². The Morgan fingerprint density at radius 3 is 2.68 bits per heavy atom. The number of amides is 1. The average Bonchev–Trinajstić information content (AvgIpc) is 2.45. The number of nitrogens with two attached hydrogens (primary N) is 1. The molecule has 5 nitrogen and oxygen atoms in total. The van der Waals surface area contributed by atoms with Gasteiger partial charge in [0.1, 0.15) is 6.10 Å². The summed E-state index contributed by atoms with van der Waals surface area (Å²) in [6.07, 6.45) is 4.47. The van der Waals surface area contributed by atoms with Crippen LogP contribution in [0.25, 0.3) is 0 Å². The molecule has 1 aliphatic carbocycles. The highest BCUT2D eigenvalue weighted by Gasteiger charge is 2.25. The molecule has 19 heavy (non-hydrogen) atoms. The van der Waals surface area contributed by atoms with Crippen molar-refractivity contribution in [3.63, 3.8) is 0 Å². The Balaban J connectivity index is 2.24. The normalized spacial score (nSPS) is 25.0. The van der Waals surface area contributed by atoms with Gasteiger partial charge in [0.2, 0.25) is 5.91 Å². The van der Waals surface area contributed by atoms with E-state index in [2.05, 4.69) is 5.32 Å². The molecule has 0 bridgehead atoms. The fourth-order valence-corrected chi connectivity index (χ4v) is 2.58. The maximum Gasteiger partial charge on any atom is 0.248 e. The summed E-state index contributed by atoms with van der Waals surface area (Å²) >= 11 is 0. The molecule has 5 heteroatoms. The first-order valence-electron chi connectivity index (χ1n) is 7.27. The minimum Gasteiger partial charge on any atom is -0.383 e. The van der Waals surface area contributed by atoms with E-state index < -0.39 is 6.10 Å². The Morgan fingerprint density at radius 1 is 1.37 bits per heavy atom. The molecule has 0 saturated heterocycles. The first-order valence-corrected chi connectivity index (χ1v) is 7.27. The van der Waals surface area contributed by atoms with E-state index >= 15 is 0 Å². The van der Waals surface area contributed by atoms with Gasteiger partial charge in [0.15, 0.2) is 0 Å². The lowest BCUT2D eigenvalue weighted by atomic mass is 9.80. The fraction of sp³-hybridized carbons (Fsp3) is 0.929. The van der Waals surface area contributed by atoms with Gasteiger partial charge in [0.25, 0.3) is 0 Å². The highest BCUT2D eigenvalue weighted by atomic mass is 16.5. The molecular weight excluding hydrogens is 244 g/mol. The number of rotatable bonds is 8. The zero-order valence-corrected chi connectivity index (χ0v) is 12.2. The van der Waals surface area contributed by atoms with E-state index in [1.165, 1.54) is 25.7 Å². The van der Waals surface area contributed by atoms with Gasteiger partial charge in [-0.15, -0.1) is 0 Å². The van der Waals surface area contributed by atoms with E-state index in [1.54, 1.807) is 14.0 Å². The maximum absolute atomic E-state index is 11.7. The van der Waals surface area contributed by atoms with Gasteiger partial charge in [-0.05, 0) is 38.1 Å². The summed E-state index contributed by atoms with van der Waals surface area (Å²) in [4.78, 5) is 11.7. The number of hydrogen-bond acceptors (Lipinski definition) is 4. The molecule has 0 radical (unpaired) electrons. The second-order valence-electron chi connectivity index (χ2n) is 5.30. The summed E-state index contributed by atoms with van der Waals surface area (Å²) in [5.41, 5.74) is 5.79. The zero-order valence-electron chi connectivity index (χ0n) is 12.2. The van der Waals surface area contributed by atoms with Crippen molar-refractivity contribution in [2.45, 2.75) is 38.7 Å². The highest BCUT2D eigenvalue weighted by molar-refractivity contribution is 5.80. The molecule has 0 aromatic rings. The largest absolute Gasteiger partial charge is 0.383 e. The molecular formula is C14H28N2O3. The monoisotopic (exact) mass is 272 g/mol. The van der Waals surface area contributed by atoms with Crippen molar-refractivity contribution in [3.05, 3.63) is 0 Å². The zero-order chi connectivity index (χ0) is 14.1. The van der Waals surface area contributed by atoms with Gasteiger partial charge >= 0.3 is 0 Å². The second kappa shape index (κ2) is 9.28. The molecule has 3 atom stereocenters. The smallest absolute Gasteiger partial charge is 0.248 e. The molecule has 1 rings (SSSR count). The molecule has 1 saturated carbocycles. The SMILES string of the molecule is COCCNC(=O)C(C)OCC1CCCCC1CN. The first-order chi connectivity index (χ1) is 9.19. The second-order valence-corrected chi connectivity index (χ2v) is 5.30. The molecule has 0 heterocycles. The van der Waals surface area contributed by atoms with Crippen molar-refractivity contribution in [3.8, 4) is 0 Å². The quantitative estimate of drug-likeness (QED) is 0.644. The van der Waals surface area contributed by atoms with Crippen LogP contribution in [-0.4, -0.2) is 45.4 Å². The number of hydrogen-bond donors (Lipinski definition) is 2. The molecule has 0 spiro atoms. The van der Waals surface area contributed by atoms with Gasteiger partial charge in [-0.1, -0.05) is 12.8 Å². The van der Waals surface area contributed by atoms with E-state index in [0.717, 1.165) is 6.54 Å². The van der Waals surface area contributed by atoms with Crippen molar-refractivity contribution < 1.29 is 14.3 Å². The Morgan fingerprint density at radius 2 is 2.05 bits per heavy atom. The number of carbonyl (C=O) groups excluding carboxylic acids is 1. The summed E-state index contributed by atoms with van der Waals surface area (Å²) in [6.45, 7) is 4.21. The standard InChI is InChI=1S/C14H28N2O3/c1-11(14(17)16-7-8-18-2)19-10-13-6-4-3-5-12(13)9-15/h11-13H,3-10,15H2,1-2H3,(H,16,17). The van der Waals surface area contributed by atoms with E-state index in [4.69, 9.17) is 15.2 Å². The van der Waals surface area contributed by atoms with Gasteiger partial charge in [-0.2, -0.15) is 0 Å². The number of methoxy groups -OCH3 is 1. The third-order valence-electron chi connectivity index (χ3n) is 3.90. The minimum absolute atomic E-state index is 0.0721. The highest BCUT2D eigenvalue weighted by Crippen LogP contribution is 2.29. The van der Waals surface area contributed by atoms with Crippen LogP contribution in [0.4, 0.5) is 0 Å². The van der Waals surface area contributed by atoms with Crippen LogP contribution in [0.2, 0.25) is 0 Å². The molecule has 3 N–H and O–H groups in total. The van der Waals surface area contributed by atoms with Crippen LogP contribution < -0.4 is 11.1 Å². The summed E-state index contributed by atoms with van der Waals surface area (Å²) in [6, 6.07) is 0. The van der Waals surface area contributed by atoms with E-state index in [9.17, 15) is 4.79 Å². The number of ether oxygens (including phenoxy) is 2. The molecule has 3 unspecified atom stereocenters. The minimum atomic E-state index is -0.405. The average molecular weight is 272 g/mol. The molecule has 1 amide bonds. The van der Waals surface area contributed by atoms with Crippen LogP contribution >= 0.6 is 0 Å². The topological polar surface area (TPSA) is 73.6 Å². The molecule has 0 aliphatic heterocycles. The van der Waals surface area contributed by atoms with Crippen molar-refractivity contribution in [2.75, 3.05) is 33.4 Å². The Hall–Kier alpha value is -0.650. The number of nitrogens with one attached hydrogen (secondary N) is 1. The molecule has 112 valence electrons. The van der Waals surface area contributed by atoms with Gasteiger partial charge in [-0.25, -0.2) is 0 Å². The van der Waals surface area contributed by atoms with Crippen LogP contribution in [0.5, 0.6) is 0 Å². The van der Waals surface area contributed by atoms with Crippen LogP contribution in [-0.2, 0) is 14.3 Å². The Labute approximate surface area is 116 Å². The van der Waals surface area contributed by atoms with Crippen molar-refractivity contribution in [2.24, 2.45) is 17.6 Å². The first kappa shape index (κ1) is 16.4. The summed E-state index contributed by atoms with van der Waals surface area (Å²) in [5.74, 6) is 0.989. The van der Waals surface area contributed by atoms with Crippen molar-refractivity contribution in [1.29, 1.82) is 0 Å². The summed E-state index contributed by atoms with van der Waals surface area (Å²) in [5, 5.41) is 2.78. The van der Waals surface area contributed by atoms with E-state index in [1.807, 2.05) is 0 Å². The predicted molar refractivity (Wildman–Crippen MR) is 74.8 cm³/mol. The Kier molecular flexibility index (Phi) is 8.02. The van der Waals surface area contributed by atoms with E-state index in [0.29, 0.717) is 31.6 Å². The van der Waals surface area contributed by atoms with Crippen LogP contribution in [0.15, 0.2) is 0 Å². The van der Waals surface area contributed by atoms with Crippen LogP contribution in [0.1, 0.15) is 32.6 Å². The molecule has 0 aromatic carbocycles. The summed E-state index contributed by atoms with van der Waals surface area (Å²) in [7, 11) is 1.61. The van der Waals surface area contributed by atoms with Gasteiger partial charge in [0.05, 0.1) is 13.2 Å². The van der Waals surface area contributed by atoms with Crippen molar-refractivity contribution >= 4 is 5.91 Å². The van der Waals surface area contributed by atoms with Crippen LogP contribution in [0.3, 0.4) is 0 Å². The van der Waals surface area contributed by atoms with Crippen LogP contribution in [0, 0.1) is 11.8 Å². The maximum atomic E-state index is 11.7. The lowest BCUT2D eigenvalue weighted by Gasteiger charge is -2.31. The van der Waals surface area contributed by atoms with Gasteiger partial charge < -0.3 is 20.5 Å². The fourth-order valence-electron chi connectivity index (χ4n) is 2.58. The molecule has 0 aromatic heterocycles.